The molecule has 1 amide bonds. The zero-order valence-electron chi connectivity index (χ0n) is 9.16. The van der Waals surface area contributed by atoms with Crippen molar-refractivity contribution in [2.24, 2.45) is 11.5 Å². The van der Waals surface area contributed by atoms with Crippen LogP contribution in [0.4, 0.5) is 5.69 Å². The molecule has 1 unspecified atom stereocenters. The van der Waals surface area contributed by atoms with Gasteiger partial charge < -0.3 is 16.8 Å². The summed E-state index contributed by atoms with van der Waals surface area (Å²) in [6, 6.07) is 5.46. The molecule has 1 rings (SSSR count). The van der Waals surface area contributed by atoms with Crippen molar-refractivity contribution < 1.29 is 4.79 Å². The van der Waals surface area contributed by atoms with Crippen molar-refractivity contribution >= 4 is 27.5 Å². The number of anilines is 1. The second-order valence-electron chi connectivity index (χ2n) is 3.54. The molecule has 0 heterocycles. The molecule has 16 heavy (non-hydrogen) atoms. The molecule has 0 radical (unpaired) electrons. The van der Waals surface area contributed by atoms with Crippen LogP contribution in [0.5, 0.6) is 0 Å². The molecule has 88 valence electrons. The lowest BCUT2D eigenvalue weighted by molar-refractivity contribution is 0.100. The van der Waals surface area contributed by atoms with Crippen LogP contribution in [0.15, 0.2) is 22.7 Å². The maximum absolute atomic E-state index is 11.2. The van der Waals surface area contributed by atoms with Crippen LogP contribution in [-0.2, 0) is 0 Å². The number of primary amides is 1. The van der Waals surface area contributed by atoms with Crippen LogP contribution in [-0.4, -0.2) is 18.5 Å². The van der Waals surface area contributed by atoms with Crippen LogP contribution in [0, 0.1) is 0 Å². The third-order valence-electron chi connectivity index (χ3n) is 2.38. The molecule has 5 heteroatoms. The summed E-state index contributed by atoms with van der Waals surface area (Å²) in [5.41, 5.74) is 12.1. The van der Waals surface area contributed by atoms with Gasteiger partial charge in [0.2, 0.25) is 0 Å². The highest BCUT2D eigenvalue weighted by Crippen LogP contribution is 2.22. The number of hydrogen-bond acceptors (Lipinski definition) is 3. The Hall–Kier alpha value is -1.07. The predicted octanol–water partition coefficient (Wildman–Crippen LogP) is 1.70. The van der Waals surface area contributed by atoms with E-state index < -0.39 is 5.91 Å². The Balaban J connectivity index is 3.00. The fourth-order valence-corrected chi connectivity index (χ4v) is 1.76. The molecule has 0 aromatic heterocycles. The highest BCUT2D eigenvalue weighted by Gasteiger charge is 2.11. The highest BCUT2D eigenvalue weighted by atomic mass is 79.9. The number of halogens is 1. The van der Waals surface area contributed by atoms with Gasteiger partial charge in [-0.25, -0.2) is 0 Å². The molecule has 0 fully saturated rings. The smallest absolute Gasteiger partial charge is 0.250 e. The second-order valence-corrected chi connectivity index (χ2v) is 4.46. The zero-order chi connectivity index (χ0) is 12.1. The van der Waals surface area contributed by atoms with Gasteiger partial charge in [0.15, 0.2) is 0 Å². The first kappa shape index (κ1) is 13.0. The molecule has 0 aliphatic heterocycles. The Morgan fingerprint density at radius 1 is 1.56 bits per heavy atom. The number of nitrogens with two attached hydrogens (primary N) is 2. The van der Waals surface area contributed by atoms with E-state index in [4.69, 9.17) is 11.5 Å². The van der Waals surface area contributed by atoms with Crippen LogP contribution in [0.2, 0.25) is 0 Å². The first-order valence-corrected chi connectivity index (χ1v) is 5.93. The van der Waals surface area contributed by atoms with Gasteiger partial charge in [-0.15, -0.1) is 0 Å². The van der Waals surface area contributed by atoms with Crippen molar-refractivity contribution in [3.63, 3.8) is 0 Å². The van der Waals surface area contributed by atoms with E-state index in [0.29, 0.717) is 12.1 Å². The highest BCUT2D eigenvalue weighted by molar-refractivity contribution is 9.10. The summed E-state index contributed by atoms with van der Waals surface area (Å²) in [5, 5.41) is 3.21. The molecule has 0 aliphatic rings. The van der Waals surface area contributed by atoms with Gasteiger partial charge in [-0.2, -0.15) is 0 Å². The number of benzene rings is 1. The first-order chi connectivity index (χ1) is 7.58. The summed E-state index contributed by atoms with van der Waals surface area (Å²) in [6.07, 6.45) is 0.890. The quantitative estimate of drug-likeness (QED) is 0.770. The lowest BCUT2D eigenvalue weighted by Crippen LogP contribution is -2.29. The third kappa shape index (κ3) is 3.21. The topological polar surface area (TPSA) is 81.1 Å². The molecule has 1 atom stereocenters. The Morgan fingerprint density at radius 2 is 2.25 bits per heavy atom. The molecule has 0 saturated heterocycles. The van der Waals surface area contributed by atoms with Crippen LogP contribution in [0.3, 0.4) is 0 Å². The maximum atomic E-state index is 11.2. The third-order valence-corrected chi connectivity index (χ3v) is 2.88. The van der Waals surface area contributed by atoms with Crippen molar-refractivity contribution in [1.29, 1.82) is 0 Å². The lowest BCUT2D eigenvalue weighted by Gasteiger charge is -2.18. The molecule has 0 aliphatic carbocycles. The lowest BCUT2D eigenvalue weighted by atomic mass is 10.1. The normalized spacial score (nSPS) is 12.2. The van der Waals surface area contributed by atoms with Gasteiger partial charge in [-0.3, -0.25) is 4.79 Å². The van der Waals surface area contributed by atoms with Gasteiger partial charge in [0.1, 0.15) is 0 Å². The minimum absolute atomic E-state index is 0.146. The van der Waals surface area contributed by atoms with Crippen LogP contribution in [0.1, 0.15) is 23.7 Å². The first-order valence-electron chi connectivity index (χ1n) is 5.14. The van der Waals surface area contributed by atoms with Crippen LogP contribution < -0.4 is 16.8 Å². The van der Waals surface area contributed by atoms with Crippen molar-refractivity contribution in [2.75, 3.05) is 11.9 Å². The van der Waals surface area contributed by atoms with Gasteiger partial charge in [-0.05, 0) is 24.6 Å². The Labute approximate surface area is 104 Å². The molecule has 0 bridgehead atoms. The second kappa shape index (κ2) is 5.86. The van der Waals surface area contributed by atoms with E-state index in [-0.39, 0.29) is 6.04 Å². The van der Waals surface area contributed by atoms with E-state index in [0.717, 1.165) is 16.6 Å². The molecular weight excluding hydrogens is 270 g/mol. The summed E-state index contributed by atoms with van der Waals surface area (Å²) in [7, 11) is 0. The SMILES string of the molecule is CCC(CN)Nc1cc(Br)ccc1C(N)=O. The largest absolute Gasteiger partial charge is 0.380 e. The van der Waals surface area contributed by atoms with Crippen LogP contribution >= 0.6 is 15.9 Å². The standard InChI is InChI=1S/C11H16BrN3O/c1-2-8(6-13)15-10-5-7(12)3-4-9(10)11(14)16/h3-5,8,15H,2,6,13H2,1H3,(H2,14,16). The molecular formula is C11H16BrN3O. The van der Waals surface area contributed by atoms with Crippen molar-refractivity contribution in [1.82, 2.24) is 0 Å². The zero-order valence-corrected chi connectivity index (χ0v) is 10.8. The van der Waals surface area contributed by atoms with Crippen molar-refractivity contribution in [2.45, 2.75) is 19.4 Å². The average molecular weight is 286 g/mol. The number of amides is 1. The number of hydrogen-bond donors (Lipinski definition) is 3. The van der Waals surface area contributed by atoms with Gasteiger partial charge in [-0.1, -0.05) is 22.9 Å². The minimum atomic E-state index is -0.443. The van der Waals surface area contributed by atoms with E-state index in [9.17, 15) is 4.79 Å². The average Bonchev–Trinajstić information content (AvgIpc) is 2.25. The van der Waals surface area contributed by atoms with E-state index in [1.54, 1.807) is 12.1 Å². The number of nitrogens with one attached hydrogen (secondary N) is 1. The number of carbonyl (C=O) groups excluding carboxylic acids is 1. The van der Waals surface area contributed by atoms with Gasteiger partial charge in [0.05, 0.1) is 5.56 Å². The fourth-order valence-electron chi connectivity index (χ4n) is 1.40. The Kier molecular flexibility index (Phi) is 4.76. The number of carbonyl (C=O) groups is 1. The fraction of sp³-hybridized carbons (Fsp3) is 0.364. The summed E-state index contributed by atoms with van der Waals surface area (Å²) in [6.45, 7) is 2.55. The summed E-state index contributed by atoms with van der Waals surface area (Å²) in [5.74, 6) is -0.443. The molecule has 1 aromatic carbocycles. The van der Waals surface area contributed by atoms with Gasteiger partial charge >= 0.3 is 0 Å². The van der Waals surface area contributed by atoms with E-state index in [1.165, 1.54) is 0 Å². The van der Waals surface area contributed by atoms with Gasteiger partial charge in [0, 0.05) is 22.7 Å². The van der Waals surface area contributed by atoms with Crippen LogP contribution in [0.25, 0.3) is 0 Å². The molecule has 1 aromatic rings. The van der Waals surface area contributed by atoms with E-state index in [2.05, 4.69) is 21.2 Å². The van der Waals surface area contributed by atoms with Crippen molar-refractivity contribution in [3.05, 3.63) is 28.2 Å². The van der Waals surface area contributed by atoms with Crippen molar-refractivity contribution in [3.8, 4) is 0 Å². The summed E-state index contributed by atoms with van der Waals surface area (Å²) < 4.78 is 0.895. The van der Waals surface area contributed by atoms with E-state index >= 15 is 0 Å². The summed E-state index contributed by atoms with van der Waals surface area (Å²) >= 11 is 3.36. The maximum Gasteiger partial charge on any atom is 0.250 e. The number of rotatable bonds is 5. The molecule has 0 spiro atoms. The molecule has 5 N–H and O–H groups in total. The Morgan fingerprint density at radius 3 is 2.75 bits per heavy atom. The molecule has 4 nitrogen and oxygen atoms in total. The Bertz CT molecular complexity index is 377. The van der Waals surface area contributed by atoms with Gasteiger partial charge in [0.25, 0.3) is 5.91 Å². The molecule has 0 saturated carbocycles. The predicted molar refractivity (Wildman–Crippen MR) is 69.4 cm³/mol. The monoisotopic (exact) mass is 285 g/mol. The van der Waals surface area contributed by atoms with E-state index in [1.807, 2.05) is 13.0 Å². The summed E-state index contributed by atoms with van der Waals surface area (Å²) in [4.78, 5) is 11.2. The minimum Gasteiger partial charge on any atom is -0.380 e.